The minimum Gasteiger partial charge on any atom is -0.310 e. The molecule has 1 fully saturated rings. The monoisotopic (exact) mass is 416 g/mol. The molecule has 0 aliphatic carbocycles. The van der Waals surface area contributed by atoms with Crippen molar-refractivity contribution in [1.82, 2.24) is 9.29 Å². The largest absolute Gasteiger partial charge is 0.310 e. The van der Waals surface area contributed by atoms with Crippen LogP contribution in [0.5, 0.6) is 0 Å². The molecule has 1 aromatic heterocycles. The molecule has 2 aliphatic heterocycles. The van der Waals surface area contributed by atoms with Gasteiger partial charge in [0.15, 0.2) is 0 Å². The van der Waals surface area contributed by atoms with Gasteiger partial charge in [-0.2, -0.15) is 4.31 Å². The van der Waals surface area contributed by atoms with Crippen LogP contribution in [-0.2, 0) is 21.2 Å². The number of piperidine rings is 1. The summed E-state index contributed by atoms with van der Waals surface area (Å²) >= 11 is 0. The van der Waals surface area contributed by atoms with E-state index >= 15 is 0 Å². The zero-order valence-electron chi connectivity index (χ0n) is 15.6. The summed E-state index contributed by atoms with van der Waals surface area (Å²) in [6.07, 6.45) is 3.60. The lowest BCUT2D eigenvalue weighted by Gasteiger charge is -2.33. The van der Waals surface area contributed by atoms with Crippen molar-refractivity contribution in [1.29, 1.82) is 0 Å². The van der Waals surface area contributed by atoms with Crippen molar-refractivity contribution in [3.8, 4) is 0 Å². The van der Waals surface area contributed by atoms with Gasteiger partial charge in [-0.15, -0.1) is 0 Å². The van der Waals surface area contributed by atoms with Gasteiger partial charge in [-0.1, -0.05) is 0 Å². The van der Waals surface area contributed by atoms with E-state index in [9.17, 15) is 23.3 Å². The number of rotatable bonds is 4. The lowest BCUT2D eigenvalue weighted by Crippen LogP contribution is -2.46. The Morgan fingerprint density at radius 2 is 1.93 bits per heavy atom. The molecule has 0 saturated carbocycles. The SMILES string of the molecule is O=C(C1CCCN(S(=O)(=O)c2ccc([N+](=O)[O-])cc2)C1)N1CCc2ncccc21. The molecule has 4 rings (SSSR count). The molecule has 10 heteroatoms. The topological polar surface area (TPSA) is 114 Å². The molecular formula is C19H20N4O5S. The number of non-ortho nitro benzene ring substituents is 1. The van der Waals surface area contributed by atoms with Gasteiger partial charge in [0.25, 0.3) is 5.69 Å². The van der Waals surface area contributed by atoms with Crippen LogP contribution in [0.1, 0.15) is 18.5 Å². The number of anilines is 1. The van der Waals surface area contributed by atoms with Gasteiger partial charge in [0.05, 0.1) is 27.1 Å². The molecule has 2 aromatic rings. The number of pyridine rings is 1. The number of carbonyl (C=O) groups excluding carboxylic acids is 1. The predicted molar refractivity (Wildman–Crippen MR) is 105 cm³/mol. The van der Waals surface area contributed by atoms with Gasteiger partial charge in [0.1, 0.15) is 0 Å². The molecule has 1 aromatic carbocycles. The fourth-order valence-corrected chi connectivity index (χ4v) is 5.43. The Balaban J connectivity index is 1.52. The van der Waals surface area contributed by atoms with Crippen LogP contribution >= 0.6 is 0 Å². The summed E-state index contributed by atoms with van der Waals surface area (Å²) < 4.78 is 27.3. The number of nitrogens with zero attached hydrogens (tertiary/aromatic N) is 4. The fraction of sp³-hybridized carbons (Fsp3) is 0.368. The number of hydrogen-bond donors (Lipinski definition) is 0. The smallest absolute Gasteiger partial charge is 0.269 e. The van der Waals surface area contributed by atoms with Crippen molar-refractivity contribution < 1.29 is 18.1 Å². The highest BCUT2D eigenvalue weighted by Gasteiger charge is 2.37. The highest BCUT2D eigenvalue weighted by atomic mass is 32.2. The minimum atomic E-state index is -3.83. The summed E-state index contributed by atoms with van der Waals surface area (Å²) in [5.74, 6) is -0.511. The summed E-state index contributed by atoms with van der Waals surface area (Å²) in [6.45, 7) is 0.974. The van der Waals surface area contributed by atoms with Crippen molar-refractivity contribution in [3.05, 3.63) is 58.4 Å². The van der Waals surface area contributed by atoms with Gasteiger partial charge >= 0.3 is 0 Å². The third-order valence-corrected chi connectivity index (χ3v) is 7.29. The third-order valence-electron chi connectivity index (χ3n) is 5.41. The van der Waals surface area contributed by atoms with Crippen LogP contribution in [0.2, 0.25) is 0 Å². The highest BCUT2D eigenvalue weighted by molar-refractivity contribution is 7.89. The average molecular weight is 416 g/mol. The van der Waals surface area contributed by atoms with Crippen LogP contribution in [0.3, 0.4) is 0 Å². The van der Waals surface area contributed by atoms with E-state index in [2.05, 4.69) is 4.98 Å². The first kappa shape index (κ1) is 19.5. The van der Waals surface area contributed by atoms with E-state index < -0.39 is 20.9 Å². The maximum atomic E-state index is 13.1. The van der Waals surface area contributed by atoms with Gasteiger partial charge < -0.3 is 4.90 Å². The van der Waals surface area contributed by atoms with Gasteiger partial charge in [-0.05, 0) is 37.1 Å². The lowest BCUT2D eigenvalue weighted by molar-refractivity contribution is -0.384. The molecular weight excluding hydrogens is 396 g/mol. The van der Waals surface area contributed by atoms with E-state index in [1.807, 2.05) is 6.07 Å². The van der Waals surface area contributed by atoms with Crippen molar-refractivity contribution in [2.45, 2.75) is 24.2 Å². The Morgan fingerprint density at radius 3 is 2.66 bits per heavy atom. The Labute approximate surface area is 168 Å². The lowest BCUT2D eigenvalue weighted by atomic mass is 9.98. The molecule has 0 N–H and O–H groups in total. The van der Waals surface area contributed by atoms with E-state index in [-0.39, 0.29) is 23.0 Å². The number of hydrogen-bond acceptors (Lipinski definition) is 6. The number of amides is 1. The zero-order valence-corrected chi connectivity index (χ0v) is 16.4. The van der Waals surface area contributed by atoms with Crippen LogP contribution in [0.25, 0.3) is 0 Å². The molecule has 29 heavy (non-hydrogen) atoms. The van der Waals surface area contributed by atoms with Crippen LogP contribution in [0, 0.1) is 16.0 Å². The maximum Gasteiger partial charge on any atom is 0.269 e. The van der Waals surface area contributed by atoms with Gasteiger partial charge in [0, 0.05) is 44.4 Å². The molecule has 3 heterocycles. The Bertz CT molecular complexity index is 1050. The average Bonchev–Trinajstić information content (AvgIpc) is 3.17. The van der Waals surface area contributed by atoms with E-state index in [4.69, 9.17) is 0 Å². The number of nitro benzene ring substituents is 1. The number of nitro groups is 1. The number of fused-ring (bicyclic) bond motifs is 1. The third kappa shape index (κ3) is 3.60. The molecule has 1 atom stereocenters. The van der Waals surface area contributed by atoms with E-state index in [0.29, 0.717) is 32.4 Å². The van der Waals surface area contributed by atoms with Crippen LogP contribution in [0.15, 0.2) is 47.5 Å². The fourth-order valence-electron chi connectivity index (χ4n) is 3.91. The van der Waals surface area contributed by atoms with Gasteiger partial charge in [0.2, 0.25) is 15.9 Å². The Morgan fingerprint density at radius 1 is 1.17 bits per heavy atom. The van der Waals surface area contributed by atoms with E-state index in [1.165, 1.54) is 28.6 Å². The summed E-state index contributed by atoms with van der Waals surface area (Å²) in [5, 5.41) is 10.8. The highest BCUT2D eigenvalue weighted by Crippen LogP contribution is 2.31. The van der Waals surface area contributed by atoms with Crippen LogP contribution < -0.4 is 4.90 Å². The molecule has 1 unspecified atom stereocenters. The minimum absolute atomic E-state index is 0.00748. The second kappa shape index (κ2) is 7.53. The molecule has 0 radical (unpaired) electrons. The molecule has 152 valence electrons. The van der Waals surface area contributed by atoms with Crippen LogP contribution in [0.4, 0.5) is 11.4 Å². The first-order valence-corrected chi connectivity index (χ1v) is 10.8. The molecule has 9 nitrogen and oxygen atoms in total. The number of sulfonamides is 1. The summed E-state index contributed by atoms with van der Waals surface area (Å²) in [6, 6.07) is 8.47. The Hall–Kier alpha value is -2.85. The van der Waals surface area contributed by atoms with Crippen molar-refractivity contribution in [3.63, 3.8) is 0 Å². The van der Waals surface area contributed by atoms with Gasteiger partial charge in [-0.3, -0.25) is 19.9 Å². The predicted octanol–water partition coefficient (Wildman–Crippen LogP) is 1.98. The van der Waals surface area contributed by atoms with Crippen LogP contribution in [-0.4, -0.2) is 48.2 Å². The van der Waals surface area contributed by atoms with Crippen molar-refractivity contribution in [2.24, 2.45) is 5.92 Å². The first-order chi connectivity index (χ1) is 13.9. The molecule has 0 spiro atoms. The number of aromatic nitrogens is 1. The second-order valence-electron chi connectivity index (χ2n) is 7.16. The van der Waals surface area contributed by atoms with Gasteiger partial charge in [-0.25, -0.2) is 8.42 Å². The quantitative estimate of drug-likeness (QED) is 0.556. The van der Waals surface area contributed by atoms with Crippen molar-refractivity contribution in [2.75, 3.05) is 24.5 Å². The second-order valence-corrected chi connectivity index (χ2v) is 9.10. The molecule has 0 bridgehead atoms. The van der Waals surface area contributed by atoms with Crippen molar-refractivity contribution >= 4 is 27.3 Å². The summed E-state index contributed by atoms with van der Waals surface area (Å²) in [7, 11) is -3.83. The standard InChI is InChI=1S/C19H20N4O5S/c24-19(22-12-9-17-18(22)4-1-10-20-17)14-3-2-11-21(13-14)29(27,28)16-7-5-15(6-8-16)23(25)26/h1,4-8,10,14H,2-3,9,11-13H2. The Kier molecular flexibility index (Phi) is 5.05. The first-order valence-electron chi connectivity index (χ1n) is 9.38. The number of benzene rings is 1. The zero-order chi connectivity index (χ0) is 20.6. The molecule has 1 saturated heterocycles. The summed E-state index contributed by atoms with van der Waals surface area (Å²) in [5.41, 5.74) is 1.51. The normalized spacial score (nSPS) is 19.7. The van der Waals surface area contributed by atoms with E-state index in [1.54, 1.807) is 17.2 Å². The molecule has 1 amide bonds. The van der Waals surface area contributed by atoms with E-state index in [0.717, 1.165) is 11.4 Å². The number of carbonyl (C=O) groups is 1. The molecule has 2 aliphatic rings. The summed E-state index contributed by atoms with van der Waals surface area (Å²) in [4.78, 5) is 29.3. The maximum absolute atomic E-state index is 13.1.